The maximum atomic E-state index is 13.8. The molecule has 1 N–H and O–H groups in total. The third-order valence-electron chi connectivity index (χ3n) is 5.73. The topological polar surface area (TPSA) is 96.0 Å². The molecular formula is C26H27Cl2N3O5S. The van der Waals surface area contributed by atoms with Gasteiger partial charge in [0.15, 0.2) is 0 Å². The Morgan fingerprint density at radius 2 is 1.65 bits per heavy atom. The van der Waals surface area contributed by atoms with Gasteiger partial charge in [0.1, 0.15) is 18.3 Å². The Morgan fingerprint density at radius 1 is 1.00 bits per heavy atom. The molecule has 0 bridgehead atoms. The summed E-state index contributed by atoms with van der Waals surface area (Å²) in [6, 6.07) is 18.2. The van der Waals surface area contributed by atoms with E-state index in [0.29, 0.717) is 15.6 Å². The van der Waals surface area contributed by atoms with Crippen LogP contribution in [0.25, 0.3) is 0 Å². The van der Waals surface area contributed by atoms with Crippen molar-refractivity contribution < 1.29 is 22.7 Å². The van der Waals surface area contributed by atoms with Crippen molar-refractivity contribution in [1.29, 1.82) is 0 Å². The average Bonchev–Trinajstić information content (AvgIpc) is 2.90. The maximum absolute atomic E-state index is 13.8. The Kier molecular flexibility index (Phi) is 9.42. The fraction of sp³-hybridized carbons (Fsp3) is 0.231. The fourth-order valence-electron chi connectivity index (χ4n) is 3.69. The van der Waals surface area contributed by atoms with Crippen molar-refractivity contribution >= 4 is 50.7 Å². The van der Waals surface area contributed by atoms with Crippen LogP contribution in [0.15, 0.2) is 77.7 Å². The van der Waals surface area contributed by atoms with E-state index in [4.69, 9.17) is 27.9 Å². The highest BCUT2D eigenvalue weighted by Gasteiger charge is 2.33. The van der Waals surface area contributed by atoms with Crippen LogP contribution in [0.1, 0.15) is 12.5 Å². The highest BCUT2D eigenvalue weighted by Crippen LogP contribution is 2.32. The van der Waals surface area contributed by atoms with E-state index in [1.807, 2.05) is 0 Å². The molecule has 0 aliphatic rings. The molecule has 1 atom stereocenters. The van der Waals surface area contributed by atoms with Gasteiger partial charge in [-0.15, -0.1) is 0 Å². The van der Waals surface area contributed by atoms with Crippen molar-refractivity contribution in [1.82, 2.24) is 10.2 Å². The number of hydrogen-bond acceptors (Lipinski definition) is 5. The number of carbonyl (C=O) groups excluding carboxylic acids is 2. The molecule has 37 heavy (non-hydrogen) atoms. The van der Waals surface area contributed by atoms with Crippen LogP contribution in [0.4, 0.5) is 5.69 Å². The van der Waals surface area contributed by atoms with Gasteiger partial charge in [0.2, 0.25) is 11.8 Å². The number of para-hydroxylation sites is 2. The van der Waals surface area contributed by atoms with Gasteiger partial charge >= 0.3 is 0 Å². The molecule has 0 heterocycles. The van der Waals surface area contributed by atoms with E-state index >= 15 is 0 Å². The molecule has 196 valence electrons. The number of methoxy groups -OCH3 is 1. The van der Waals surface area contributed by atoms with E-state index in [0.717, 1.165) is 4.31 Å². The normalized spacial score (nSPS) is 11.9. The Morgan fingerprint density at radius 3 is 2.27 bits per heavy atom. The van der Waals surface area contributed by atoms with Gasteiger partial charge in [-0.25, -0.2) is 8.42 Å². The number of hydrogen-bond donors (Lipinski definition) is 1. The van der Waals surface area contributed by atoms with Crippen LogP contribution < -0.4 is 14.4 Å². The lowest BCUT2D eigenvalue weighted by Crippen LogP contribution is -2.50. The molecule has 2 amide bonds. The molecule has 0 aliphatic heterocycles. The number of halogens is 2. The lowest BCUT2D eigenvalue weighted by atomic mass is 10.1. The van der Waals surface area contributed by atoms with Gasteiger partial charge < -0.3 is 15.0 Å². The first-order valence-electron chi connectivity index (χ1n) is 11.3. The molecule has 0 saturated carbocycles. The molecule has 0 spiro atoms. The standard InChI is InChI=1S/C26H27Cl2N3O5S/c1-18(26(33)29-2)30(16-19-13-14-20(27)15-22(19)28)25(32)17-31(23-11-7-8-12-24(23)36-3)37(34,35)21-9-5-4-6-10-21/h4-15,18H,16-17H2,1-3H3,(H,29,33)/t18-/m1/s1. The van der Waals surface area contributed by atoms with Gasteiger partial charge in [0.25, 0.3) is 10.0 Å². The SMILES string of the molecule is CNC(=O)[C@@H](C)N(Cc1ccc(Cl)cc1Cl)C(=O)CN(c1ccccc1OC)S(=O)(=O)c1ccccc1. The average molecular weight is 564 g/mol. The second-order valence-electron chi connectivity index (χ2n) is 8.04. The van der Waals surface area contributed by atoms with Crippen LogP contribution in [0.2, 0.25) is 10.0 Å². The zero-order valence-electron chi connectivity index (χ0n) is 20.5. The minimum atomic E-state index is -4.19. The number of benzene rings is 3. The first-order valence-corrected chi connectivity index (χ1v) is 13.5. The van der Waals surface area contributed by atoms with Crippen molar-refractivity contribution in [2.24, 2.45) is 0 Å². The fourth-order valence-corrected chi connectivity index (χ4v) is 5.61. The van der Waals surface area contributed by atoms with Crippen molar-refractivity contribution in [3.8, 4) is 5.75 Å². The zero-order valence-corrected chi connectivity index (χ0v) is 22.8. The van der Waals surface area contributed by atoms with Crippen molar-refractivity contribution in [3.63, 3.8) is 0 Å². The molecule has 3 rings (SSSR count). The second-order valence-corrected chi connectivity index (χ2v) is 10.8. The number of carbonyl (C=O) groups is 2. The summed E-state index contributed by atoms with van der Waals surface area (Å²) in [7, 11) is -1.32. The van der Waals surface area contributed by atoms with E-state index < -0.39 is 34.4 Å². The van der Waals surface area contributed by atoms with E-state index in [2.05, 4.69) is 5.32 Å². The van der Waals surface area contributed by atoms with Gasteiger partial charge in [0, 0.05) is 23.6 Å². The first kappa shape index (κ1) is 28.3. The number of amides is 2. The smallest absolute Gasteiger partial charge is 0.264 e. The van der Waals surface area contributed by atoms with Crippen LogP contribution >= 0.6 is 23.2 Å². The molecule has 11 heteroatoms. The summed E-state index contributed by atoms with van der Waals surface area (Å²) in [5, 5.41) is 3.26. The largest absolute Gasteiger partial charge is 0.495 e. The van der Waals surface area contributed by atoms with Gasteiger partial charge in [-0.05, 0) is 48.9 Å². The number of nitrogens with one attached hydrogen (secondary N) is 1. The van der Waals surface area contributed by atoms with Crippen molar-refractivity contribution in [3.05, 3.63) is 88.4 Å². The summed E-state index contributed by atoms with van der Waals surface area (Å²) in [5.41, 5.74) is 0.726. The molecule has 0 aliphatic carbocycles. The van der Waals surface area contributed by atoms with Gasteiger partial charge in [-0.2, -0.15) is 0 Å². The number of rotatable bonds is 10. The summed E-state index contributed by atoms with van der Waals surface area (Å²) in [6.45, 7) is 0.915. The van der Waals surface area contributed by atoms with Crippen LogP contribution in [0.5, 0.6) is 5.75 Å². The molecular weight excluding hydrogens is 537 g/mol. The highest BCUT2D eigenvalue weighted by molar-refractivity contribution is 7.92. The predicted octanol–water partition coefficient (Wildman–Crippen LogP) is 4.36. The molecule has 3 aromatic rings. The van der Waals surface area contributed by atoms with E-state index in [9.17, 15) is 18.0 Å². The van der Waals surface area contributed by atoms with Crippen LogP contribution in [-0.2, 0) is 26.2 Å². The highest BCUT2D eigenvalue weighted by atomic mass is 35.5. The minimum absolute atomic E-state index is 0.000325. The maximum Gasteiger partial charge on any atom is 0.264 e. The number of anilines is 1. The molecule has 0 saturated heterocycles. The van der Waals surface area contributed by atoms with Crippen molar-refractivity contribution in [2.45, 2.75) is 24.4 Å². The lowest BCUT2D eigenvalue weighted by molar-refractivity contribution is -0.139. The third kappa shape index (κ3) is 6.54. The molecule has 3 aromatic carbocycles. The molecule has 0 radical (unpaired) electrons. The summed E-state index contributed by atoms with van der Waals surface area (Å²) in [4.78, 5) is 27.6. The Hall–Kier alpha value is -3.27. The summed E-state index contributed by atoms with van der Waals surface area (Å²) < 4.78 is 33.9. The number of likely N-dealkylation sites (N-methyl/N-ethyl adjacent to an activating group) is 1. The van der Waals surface area contributed by atoms with Crippen molar-refractivity contribution in [2.75, 3.05) is 25.0 Å². The zero-order chi connectivity index (χ0) is 27.2. The van der Waals surface area contributed by atoms with Gasteiger partial charge in [0.05, 0.1) is 17.7 Å². The first-order chi connectivity index (χ1) is 17.6. The lowest BCUT2D eigenvalue weighted by Gasteiger charge is -2.32. The number of ether oxygens (including phenoxy) is 1. The monoisotopic (exact) mass is 563 g/mol. The van der Waals surface area contributed by atoms with E-state index in [1.165, 1.54) is 37.3 Å². The molecule has 0 unspecified atom stereocenters. The van der Waals surface area contributed by atoms with Crippen LogP contribution in [-0.4, -0.2) is 51.9 Å². The summed E-state index contributed by atoms with van der Waals surface area (Å²) in [6.07, 6.45) is 0. The summed E-state index contributed by atoms with van der Waals surface area (Å²) in [5.74, 6) is -0.776. The Labute approximate surface area is 226 Å². The quantitative estimate of drug-likeness (QED) is 0.395. The molecule has 0 aromatic heterocycles. The van der Waals surface area contributed by atoms with Crippen LogP contribution in [0.3, 0.4) is 0 Å². The Balaban J connectivity index is 2.08. The van der Waals surface area contributed by atoms with E-state index in [1.54, 1.807) is 61.5 Å². The minimum Gasteiger partial charge on any atom is -0.495 e. The molecule has 8 nitrogen and oxygen atoms in total. The Bertz CT molecular complexity index is 1370. The van der Waals surface area contributed by atoms with Gasteiger partial charge in [-0.1, -0.05) is 59.6 Å². The second kappa shape index (κ2) is 12.3. The van der Waals surface area contributed by atoms with Crippen LogP contribution in [0, 0.1) is 0 Å². The van der Waals surface area contributed by atoms with E-state index in [-0.39, 0.29) is 22.9 Å². The van der Waals surface area contributed by atoms with Gasteiger partial charge in [-0.3, -0.25) is 13.9 Å². The number of nitrogens with zero attached hydrogens (tertiary/aromatic N) is 2. The summed E-state index contributed by atoms with van der Waals surface area (Å²) >= 11 is 12.4. The number of sulfonamides is 1. The third-order valence-corrected chi connectivity index (χ3v) is 8.09. The molecule has 0 fully saturated rings. The predicted molar refractivity (Wildman–Crippen MR) is 145 cm³/mol.